The van der Waals surface area contributed by atoms with Crippen molar-refractivity contribution in [1.82, 2.24) is 0 Å². The third-order valence-corrected chi connectivity index (χ3v) is 3.22. The molecule has 84 valence electrons. The van der Waals surface area contributed by atoms with Crippen LogP contribution in [-0.4, -0.2) is 12.2 Å². The number of benzene rings is 1. The minimum Gasteiger partial charge on any atom is -0.328 e. The van der Waals surface area contributed by atoms with Gasteiger partial charge in [-0.25, -0.2) is 4.39 Å². The normalized spacial score (nSPS) is 14.9. The zero-order valence-corrected chi connectivity index (χ0v) is 11.1. The van der Waals surface area contributed by atoms with Crippen molar-refractivity contribution in [2.75, 3.05) is 6.54 Å². The fourth-order valence-corrected chi connectivity index (χ4v) is 2.04. The van der Waals surface area contributed by atoms with Gasteiger partial charge in [0.25, 0.3) is 0 Å². The van der Waals surface area contributed by atoms with E-state index in [0.717, 1.165) is 12.0 Å². The second kappa shape index (κ2) is 5.80. The zero-order valence-electron chi connectivity index (χ0n) is 8.97. The van der Waals surface area contributed by atoms with Gasteiger partial charge < -0.3 is 5.73 Å². The smallest absolute Gasteiger partial charge is 0.127 e. The highest BCUT2D eigenvalue weighted by atomic mass is 127. The van der Waals surface area contributed by atoms with Gasteiger partial charge in [0, 0.05) is 16.5 Å². The van der Waals surface area contributed by atoms with E-state index in [1.54, 1.807) is 0 Å². The first-order valence-electron chi connectivity index (χ1n) is 5.23. The van der Waals surface area contributed by atoms with Crippen molar-refractivity contribution >= 4 is 22.6 Å². The molecule has 0 aliphatic carbocycles. The van der Waals surface area contributed by atoms with Crippen LogP contribution in [0.2, 0.25) is 0 Å². The number of hydrogen-bond donors (Lipinski definition) is 1. The second-order valence-electron chi connectivity index (χ2n) is 3.91. The van der Waals surface area contributed by atoms with Gasteiger partial charge >= 0.3 is 0 Å². The molecule has 0 saturated heterocycles. The number of halogens is 2. The maximum atomic E-state index is 14.2. The average molecular weight is 321 g/mol. The number of nitrogens with two attached hydrogens (primary N) is 1. The van der Waals surface area contributed by atoms with Gasteiger partial charge in [-0.05, 0) is 46.7 Å². The van der Waals surface area contributed by atoms with Crippen LogP contribution in [0.1, 0.15) is 25.3 Å². The van der Waals surface area contributed by atoms with Crippen molar-refractivity contribution in [1.29, 1.82) is 0 Å². The Balaban J connectivity index is 2.70. The molecular formula is C12H17FIN. The molecule has 2 N–H and O–H groups in total. The molecule has 0 amide bonds. The molecule has 15 heavy (non-hydrogen) atoms. The molecule has 0 radical (unpaired) electrons. The standard InChI is InChI=1S/C12H17FIN/c1-2-7-12(13,9-15)8-10-3-5-11(14)6-4-10/h3-6H,2,7-9,15H2,1H3. The maximum Gasteiger partial charge on any atom is 0.127 e. The van der Waals surface area contributed by atoms with E-state index < -0.39 is 5.67 Å². The van der Waals surface area contributed by atoms with E-state index in [1.165, 1.54) is 3.57 Å². The Morgan fingerprint density at radius 1 is 1.33 bits per heavy atom. The Bertz CT molecular complexity index is 299. The Hall–Kier alpha value is -0.160. The molecule has 1 aromatic carbocycles. The molecular weight excluding hydrogens is 304 g/mol. The monoisotopic (exact) mass is 321 g/mol. The summed E-state index contributed by atoms with van der Waals surface area (Å²) in [6.45, 7) is 2.09. The van der Waals surface area contributed by atoms with E-state index in [0.29, 0.717) is 12.8 Å². The van der Waals surface area contributed by atoms with Crippen LogP contribution in [0.4, 0.5) is 4.39 Å². The fourth-order valence-electron chi connectivity index (χ4n) is 1.68. The molecule has 1 unspecified atom stereocenters. The van der Waals surface area contributed by atoms with E-state index >= 15 is 0 Å². The van der Waals surface area contributed by atoms with Gasteiger partial charge in [0.05, 0.1) is 0 Å². The van der Waals surface area contributed by atoms with E-state index in [9.17, 15) is 4.39 Å². The first-order chi connectivity index (χ1) is 7.09. The van der Waals surface area contributed by atoms with Crippen molar-refractivity contribution in [3.05, 3.63) is 33.4 Å². The van der Waals surface area contributed by atoms with Crippen LogP contribution in [0, 0.1) is 3.57 Å². The summed E-state index contributed by atoms with van der Waals surface area (Å²) in [7, 11) is 0. The largest absolute Gasteiger partial charge is 0.328 e. The van der Waals surface area contributed by atoms with Crippen LogP contribution in [-0.2, 0) is 6.42 Å². The average Bonchev–Trinajstić information content (AvgIpc) is 2.22. The van der Waals surface area contributed by atoms with Crippen LogP contribution in [0.5, 0.6) is 0 Å². The van der Waals surface area contributed by atoms with Gasteiger partial charge in [0.2, 0.25) is 0 Å². The van der Waals surface area contributed by atoms with Gasteiger partial charge in [0.1, 0.15) is 5.67 Å². The van der Waals surface area contributed by atoms with Crippen molar-refractivity contribution in [3.8, 4) is 0 Å². The SMILES string of the molecule is CCCC(F)(CN)Cc1ccc(I)cc1. The topological polar surface area (TPSA) is 26.0 Å². The molecule has 0 fully saturated rings. The summed E-state index contributed by atoms with van der Waals surface area (Å²) in [6, 6.07) is 7.94. The third kappa shape index (κ3) is 4.07. The summed E-state index contributed by atoms with van der Waals surface area (Å²) in [6.07, 6.45) is 1.79. The lowest BCUT2D eigenvalue weighted by Gasteiger charge is -2.23. The second-order valence-corrected chi connectivity index (χ2v) is 5.15. The van der Waals surface area contributed by atoms with Gasteiger partial charge in [-0.3, -0.25) is 0 Å². The van der Waals surface area contributed by atoms with Crippen molar-refractivity contribution < 1.29 is 4.39 Å². The molecule has 1 aromatic rings. The highest BCUT2D eigenvalue weighted by molar-refractivity contribution is 14.1. The highest BCUT2D eigenvalue weighted by Gasteiger charge is 2.26. The Kier molecular flexibility index (Phi) is 4.99. The third-order valence-electron chi connectivity index (χ3n) is 2.50. The predicted molar refractivity (Wildman–Crippen MR) is 70.7 cm³/mol. The lowest BCUT2D eigenvalue weighted by atomic mass is 9.92. The molecule has 0 heterocycles. The van der Waals surface area contributed by atoms with Gasteiger partial charge in [0.15, 0.2) is 0 Å². The minimum absolute atomic E-state index is 0.104. The van der Waals surface area contributed by atoms with Crippen LogP contribution in [0.15, 0.2) is 24.3 Å². The first-order valence-corrected chi connectivity index (χ1v) is 6.31. The van der Waals surface area contributed by atoms with Crippen molar-refractivity contribution in [3.63, 3.8) is 0 Å². The van der Waals surface area contributed by atoms with E-state index in [-0.39, 0.29) is 6.54 Å². The van der Waals surface area contributed by atoms with Gasteiger partial charge in [-0.2, -0.15) is 0 Å². The quantitative estimate of drug-likeness (QED) is 0.828. The van der Waals surface area contributed by atoms with Crippen LogP contribution in [0.25, 0.3) is 0 Å². The Labute approximate surface area is 104 Å². The Morgan fingerprint density at radius 2 is 1.93 bits per heavy atom. The molecule has 0 spiro atoms. The van der Waals surface area contributed by atoms with Crippen LogP contribution < -0.4 is 5.73 Å². The maximum absolute atomic E-state index is 14.2. The van der Waals surface area contributed by atoms with E-state index in [2.05, 4.69) is 22.6 Å². The van der Waals surface area contributed by atoms with Crippen LogP contribution in [0.3, 0.4) is 0 Å². The number of alkyl halides is 1. The minimum atomic E-state index is -1.23. The van der Waals surface area contributed by atoms with E-state index in [4.69, 9.17) is 5.73 Å². The lowest BCUT2D eigenvalue weighted by molar-refractivity contribution is 0.158. The number of hydrogen-bond acceptors (Lipinski definition) is 1. The Morgan fingerprint density at radius 3 is 2.40 bits per heavy atom. The van der Waals surface area contributed by atoms with Crippen LogP contribution >= 0.6 is 22.6 Å². The molecule has 1 nitrogen and oxygen atoms in total. The molecule has 0 aromatic heterocycles. The van der Waals surface area contributed by atoms with Crippen molar-refractivity contribution in [2.45, 2.75) is 31.9 Å². The summed E-state index contributed by atoms with van der Waals surface area (Å²) in [5.41, 5.74) is 5.28. The molecule has 0 bridgehead atoms. The molecule has 0 saturated carbocycles. The fraction of sp³-hybridized carbons (Fsp3) is 0.500. The van der Waals surface area contributed by atoms with Gasteiger partial charge in [-0.1, -0.05) is 25.5 Å². The molecule has 0 aliphatic rings. The first kappa shape index (κ1) is 12.9. The van der Waals surface area contributed by atoms with Gasteiger partial charge in [-0.15, -0.1) is 0 Å². The lowest BCUT2D eigenvalue weighted by Crippen LogP contribution is -2.35. The van der Waals surface area contributed by atoms with Crippen molar-refractivity contribution in [2.24, 2.45) is 5.73 Å². The molecule has 0 aliphatic heterocycles. The summed E-state index contributed by atoms with van der Waals surface area (Å²) >= 11 is 2.24. The highest BCUT2D eigenvalue weighted by Crippen LogP contribution is 2.23. The molecule has 1 atom stereocenters. The predicted octanol–water partition coefficient (Wildman–Crippen LogP) is 3.30. The molecule has 3 heteroatoms. The number of rotatable bonds is 5. The molecule has 1 rings (SSSR count). The summed E-state index contributed by atoms with van der Waals surface area (Å²) < 4.78 is 15.4. The summed E-state index contributed by atoms with van der Waals surface area (Å²) in [4.78, 5) is 0. The zero-order chi connectivity index (χ0) is 11.3. The summed E-state index contributed by atoms with van der Waals surface area (Å²) in [5.74, 6) is 0. The van der Waals surface area contributed by atoms with E-state index in [1.807, 2.05) is 31.2 Å². The summed E-state index contributed by atoms with van der Waals surface area (Å²) in [5, 5.41) is 0.